The van der Waals surface area contributed by atoms with Gasteiger partial charge in [0.1, 0.15) is 43.5 Å². The number of thioether (sulfide) groups is 1. The Kier molecular flexibility index (Phi) is 7.91. The number of nitrogens with two attached hydrogens (primary N) is 1. The summed E-state index contributed by atoms with van der Waals surface area (Å²) in [5.74, 6) is 0.511. The molecule has 0 bridgehead atoms. The van der Waals surface area contributed by atoms with E-state index in [2.05, 4.69) is 25.6 Å². The van der Waals surface area contributed by atoms with Crippen LogP contribution in [0.1, 0.15) is 31.9 Å². The van der Waals surface area contributed by atoms with E-state index in [-0.39, 0.29) is 46.8 Å². The first kappa shape index (κ1) is 27.2. The summed E-state index contributed by atoms with van der Waals surface area (Å²) in [6.45, 7) is -0.576. The number of ketones is 1. The van der Waals surface area contributed by atoms with Crippen molar-refractivity contribution in [1.82, 2.24) is 30.2 Å². The third kappa shape index (κ3) is 5.66. The molecule has 3 aliphatic heterocycles. The van der Waals surface area contributed by atoms with Crippen molar-refractivity contribution in [3.63, 3.8) is 0 Å². The van der Waals surface area contributed by atoms with Crippen molar-refractivity contribution in [1.29, 1.82) is 0 Å². The van der Waals surface area contributed by atoms with Crippen molar-refractivity contribution < 1.29 is 38.5 Å². The highest BCUT2D eigenvalue weighted by Gasteiger charge is 2.45. The lowest BCUT2D eigenvalue weighted by molar-refractivity contribution is -0.201. The number of aromatic nitrogens is 4. The number of imidazole rings is 1. The molecule has 15 nitrogen and oxygen atoms in total. The van der Waals surface area contributed by atoms with Crippen LogP contribution in [0.15, 0.2) is 12.7 Å². The fraction of sp³-hybridized carbons (Fsp3) is 0.667. The normalized spacial score (nSPS) is 32.2. The van der Waals surface area contributed by atoms with Gasteiger partial charge in [-0.15, -0.1) is 0 Å². The molecule has 3 aliphatic rings. The number of hydrogen-bond donors (Lipinski definition) is 5. The molecular weight excluding hydrogens is 541 g/mol. The van der Waals surface area contributed by atoms with E-state index in [1.807, 2.05) is 0 Å². The van der Waals surface area contributed by atoms with Crippen LogP contribution in [-0.2, 0) is 18.6 Å². The highest BCUT2D eigenvalue weighted by Crippen LogP contribution is 2.40. The zero-order valence-corrected chi connectivity index (χ0v) is 21.9. The van der Waals surface area contributed by atoms with Crippen LogP contribution in [0.4, 0.5) is 10.6 Å². The van der Waals surface area contributed by atoms with E-state index in [4.69, 9.17) is 15.0 Å². The van der Waals surface area contributed by atoms with E-state index < -0.39 is 50.7 Å². The summed E-state index contributed by atoms with van der Waals surface area (Å²) in [6, 6.07) is 0.0688. The second-order valence-electron chi connectivity index (χ2n) is 9.60. The number of anilines is 1. The first-order valence-electron chi connectivity index (χ1n) is 12.2. The number of fused-ring (bicyclic) bond motifs is 2. The second kappa shape index (κ2) is 11.0. The number of carbonyl (C=O) groups excluding carboxylic acids is 2. The van der Waals surface area contributed by atoms with Crippen molar-refractivity contribution >= 4 is 48.2 Å². The van der Waals surface area contributed by atoms with E-state index in [1.54, 1.807) is 11.8 Å². The van der Waals surface area contributed by atoms with Crippen molar-refractivity contribution in [2.24, 2.45) is 0 Å². The molecule has 3 fully saturated rings. The first-order chi connectivity index (χ1) is 18.1. The van der Waals surface area contributed by atoms with E-state index in [0.29, 0.717) is 6.42 Å². The molecule has 17 heteroatoms. The second-order valence-corrected chi connectivity index (χ2v) is 12.7. The molecule has 2 aromatic heterocycles. The fourth-order valence-electron chi connectivity index (χ4n) is 4.99. The molecule has 2 aromatic rings. The van der Waals surface area contributed by atoms with Crippen molar-refractivity contribution in [3.8, 4) is 0 Å². The lowest BCUT2D eigenvalue weighted by Gasteiger charge is -2.25. The summed E-state index contributed by atoms with van der Waals surface area (Å²) in [7, 11) is -4.55. The van der Waals surface area contributed by atoms with Gasteiger partial charge in [0.15, 0.2) is 17.7 Å². The zero-order valence-electron chi connectivity index (χ0n) is 20.2. The van der Waals surface area contributed by atoms with E-state index in [9.17, 15) is 29.3 Å². The highest BCUT2D eigenvalue weighted by molar-refractivity contribution is 8.00. The maximum Gasteiger partial charge on any atom is 0.315 e. The van der Waals surface area contributed by atoms with Crippen LogP contribution in [0.5, 0.6) is 0 Å². The molecule has 2 amide bonds. The largest absolute Gasteiger partial charge is 0.778 e. The average Bonchev–Trinajstić information content (AvgIpc) is 3.61. The van der Waals surface area contributed by atoms with Gasteiger partial charge < -0.3 is 45.3 Å². The molecule has 1 unspecified atom stereocenters. The van der Waals surface area contributed by atoms with Crippen LogP contribution in [0.3, 0.4) is 0 Å². The topological polar surface area (TPSA) is 227 Å². The zero-order chi connectivity index (χ0) is 27.0. The Morgan fingerprint density at radius 3 is 2.92 bits per heavy atom. The fourth-order valence-corrected chi connectivity index (χ4v) is 7.59. The van der Waals surface area contributed by atoms with Gasteiger partial charge in [0.05, 0.1) is 31.2 Å². The van der Waals surface area contributed by atoms with Gasteiger partial charge in [-0.3, -0.25) is 9.36 Å². The third-order valence-corrected chi connectivity index (χ3v) is 9.73. The number of nitrogens with one attached hydrogen (secondary N) is 2. The maximum atomic E-state index is 12.4. The molecule has 8 atom stereocenters. The molecule has 38 heavy (non-hydrogen) atoms. The molecule has 0 spiro atoms. The van der Waals surface area contributed by atoms with Gasteiger partial charge in [-0.05, 0) is 12.8 Å². The Labute approximate surface area is 221 Å². The van der Waals surface area contributed by atoms with Crippen LogP contribution < -0.4 is 21.3 Å². The summed E-state index contributed by atoms with van der Waals surface area (Å²) < 4.78 is 24.4. The number of carbonyl (C=O) groups is 2. The number of aliphatic hydroxyl groups is 2. The predicted octanol–water partition coefficient (Wildman–Crippen LogP) is -1.11. The summed E-state index contributed by atoms with van der Waals surface area (Å²) in [5.41, 5.74) is 6.33. The molecule has 5 heterocycles. The predicted molar refractivity (Wildman–Crippen MR) is 133 cm³/mol. The van der Waals surface area contributed by atoms with E-state index in [0.717, 1.165) is 18.6 Å². The summed E-state index contributed by atoms with van der Waals surface area (Å²) >= 11 is 1.78. The lowest BCUT2D eigenvalue weighted by atomic mass is 10.0. The highest BCUT2D eigenvalue weighted by atomic mass is 32.2. The molecular formula is C21H29N7O8PS-. The minimum Gasteiger partial charge on any atom is -0.778 e. The Morgan fingerprint density at radius 2 is 2.11 bits per heavy atom. The van der Waals surface area contributed by atoms with E-state index in [1.165, 1.54) is 17.2 Å². The van der Waals surface area contributed by atoms with Crippen LogP contribution in [0, 0.1) is 0 Å². The smallest absolute Gasteiger partial charge is 0.315 e. The van der Waals surface area contributed by atoms with Crippen LogP contribution in [0.25, 0.3) is 11.2 Å². The monoisotopic (exact) mass is 570 g/mol. The van der Waals surface area contributed by atoms with Crippen molar-refractivity contribution in [2.45, 2.75) is 67.6 Å². The molecule has 0 radical (unpaired) electrons. The molecule has 6 N–H and O–H groups in total. The number of Topliss-reactive ketones (excluding diaryl/α,β-unsaturated/α-hetero) is 1. The number of amides is 2. The van der Waals surface area contributed by atoms with Crippen LogP contribution in [0.2, 0.25) is 0 Å². The number of urea groups is 1. The summed E-state index contributed by atoms with van der Waals surface area (Å²) in [6.07, 6.45) is -1.25. The number of nitrogens with zero attached hydrogens (tertiary/aromatic N) is 4. The molecule has 5 rings (SSSR count). The van der Waals surface area contributed by atoms with Gasteiger partial charge in [0.2, 0.25) is 0 Å². The molecule has 208 valence electrons. The summed E-state index contributed by atoms with van der Waals surface area (Å²) in [4.78, 5) is 48.1. The maximum absolute atomic E-state index is 12.4. The minimum absolute atomic E-state index is 0.0867. The number of aliphatic hydroxyl groups excluding tert-OH is 2. The first-order valence-corrected chi connectivity index (χ1v) is 15.0. The Hall–Kier alpha value is -2.33. The van der Waals surface area contributed by atoms with E-state index >= 15 is 0 Å². The van der Waals surface area contributed by atoms with Crippen LogP contribution in [-0.4, -0.2) is 95.7 Å². The minimum atomic E-state index is -4.55. The third-order valence-electron chi connectivity index (χ3n) is 6.94. The van der Waals surface area contributed by atoms with Crippen molar-refractivity contribution in [3.05, 3.63) is 12.7 Å². The molecule has 0 saturated carbocycles. The van der Waals surface area contributed by atoms with Crippen LogP contribution >= 0.6 is 19.4 Å². The lowest BCUT2D eigenvalue weighted by Crippen LogP contribution is -2.36. The Balaban J connectivity index is 1.06. The van der Waals surface area contributed by atoms with Gasteiger partial charge in [-0.25, -0.2) is 19.7 Å². The number of nitrogen functional groups attached to an aromatic ring is 1. The van der Waals surface area contributed by atoms with Crippen molar-refractivity contribution in [2.75, 3.05) is 24.3 Å². The number of unbranched alkanes of at least 4 members (excludes halogenated alkanes) is 1. The van der Waals surface area contributed by atoms with Gasteiger partial charge in [0, 0.05) is 17.4 Å². The molecule has 3 saturated heterocycles. The standard InChI is InChI=1S/C21H30N7O8PS/c22-18-15-19(24-8-23-18)28(9-25-15)20-17(31)16(30)12(36-20)5-35-37(33,34)6-10(29)3-1-2-4-13-14-11(7-38-13)26-21(32)27-14/h8-9,11-14,16-17,20,30-31H,1-7H2,(H,33,34)(H2,22,23,24)(H2,26,27,32)/p-1/t11-,12+,13-,14-,16+,17+,20+/m0/s1. The SMILES string of the molecule is Nc1ncnc2c1ncn2[C@@H]1O[C@H](COP(=O)([O-])CC(=O)CCCC[C@@H]2SC[C@@H]3NC(=O)N[C@@H]32)[C@@H](O)[C@H]1O. The Bertz CT molecular complexity index is 1250. The van der Waals surface area contributed by atoms with Gasteiger partial charge in [-0.1, -0.05) is 6.42 Å². The number of hydrogen-bond acceptors (Lipinski definition) is 13. The van der Waals surface area contributed by atoms with Gasteiger partial charge >= 0.3 is 6.03 Å². The molecule has 0 aromatic carbocycles. The number of ether oxygens (including phenoxy) is 1. The average molecular weight is 571 g/mol. The van der Waals surface area contributed by atoms with Gasteiger partial charge in [0.25, 0.3) is 0 Å². The van der Waals surface area contributed by atoms with Gasteiger partial charge in [-0.2, -0.15) is 11.8 Å². The Morgan fingerprint density at radius 1 is 1.29 bits per heavy atom. The number of rotatable bonds is 11. The summed E-state index contributed by atoms with van der Waals surface area (Å²) in [5, 5.41) is 27.0. The quantitative estimate of drug-likeness (QED) is 0.123. The molecule has 0 aliphatic carbocycles.